The van der Waals surface area contributed by atoms with Crippen LogP contribution in [0.25, 0.3) is 0 Å². The Kier molecular flexibility index (Phi) is 5.77. The molecule has 0 aliphatic rings. The van der Waals surface area contributed by atoms with E-state index >= 15 is 0 Å². The average molecular weight is 301 g/mol. The van der Waals surface area contributed by atoms with Crippen molar-refractivity contribution in [3.05, 3.63) is 28.2 Å². The maximum Gasteiger partial charge on any atom is 0.170 e. The summed E-state index contributed by atoms with van der Waals surface area (Å²) in [5.74, 6) is 0. The van der Waals surface area contributed by atoms with Gasteiger partial charge in [-0.3, -0.25) is 0 Å². The first-order valence-electron chi connectivity index (χ1n) is 5.44. The molecule has 0 saturated carbocycles. The molecule has 0 amide bonds. The van der Waals surface area contributed by atoms with E-state index in [9.17, 15) is 0 Å². The van der Waals surface area contributed by atoms with Gasteiger partial charge in [-0.15, -0.1) is 0 Å². The minimum absolute atomic E-state index is 0.680. The fraction of sp³-hybridized carbons (Fsp3) is 0.417. The molecule has 0 fully saturated rings. The van der Waals surface area contributed by atoms with E-state index < -0.39 is 0 Å². The van der Waals surface area contributed by atoms with Crippen molar-refractivity contribution in [3.8, 4) is 0 Å². The molecule has 0 unspecified atom stereocenters. The molecule has 1 rings (SSSR count). The third-order valence-electron chi connectivity index (χ3n) is 2.19. The van der Waals surface area contributed by atoms with Crippen molar-refractivity contribution in [2.24, 2.45) is 0 Å². The molecule has 0 aliphatic heterocycles. The second-order valence-electron chi connectivity index (χ2n) is 3.72. The van der Waals surface area contributed by atoms with Crippen LogP contribution in [0.4, 0.5) is 5.69 Å². The Labute approximate surface area is 111 Å². The molecule has 0 atom stereocenters. The molecule has 2 nitrogen and oxygen atoms in total. The van der Waals surface area contributed by atoms with Crippen molar-refractivity contribution in [2.75, 3.05) is 11.9 Å². The molecule has 0 bridgehead atoms. The molecule has 0 radical (unpaired) electrons. The fourth-order valence-corrected chi connectivity index (χ4v) is 1.84. The van der Waals surface area contributed by atoms with Gasteiger partial charge in [0.15, 0.2) is 5.11 Å². The number of halogens is 1. The largest absolute Gasteiger partial charge is 0.362 e. The summed E-state index contributed by atoms with van der Waals surface area (Å²) in [6, 6.07) is 6.15. The Morgan fingerprint density at radius 3 is 2.88 bits per heavy atom. The van der Waals surface area contributed by atoms with E-state index in [1.165, 1.54) is 12.0 Å². The molecule has 1 aromatic rings. The van der Waals surface area contributed by atoms with Gasteiger partial charge >= 0.3 is 0 Å². The van der Waals surface area contributed by atoms with Gasteiger partial charge in [0.2, 0.25) is 0 Å². The quantitative estimate of drug-likeness (QED) is 0.652. The number of aryl methyl sites for hydroxylation is 1. The average Bonchev–Trinajstić information content (AvgIpc) is 2.24. The molecule has 88 valence electrons. The van der Waals surface area contributed by atoms with E-state index in [2.05, 4.69) is 52.5 Å². The van der Waals surface area contributed by atoms with Gasteiger partial charge in [-0.25, -0.2) is 0 Å². The third kappa shape index (κ3) is 4.49. The summed E-state index contributed by atoms with van der Waals surface area (Å²) in [6.45, 7) is 5.15. The maximum atomic E-state index is 5.21. The lowest BCUT2D eigenvalue weighted by Crippen LogP contribution is -2.29. The number of thiocarbonyl (C=S) groups is 1. The summed E-state index contributed by atoms with van der Waals surface area (Å²) in [7, 11) is 0. The zero-order valence-electron chi connectivity index (χ0n) is 9.64. The molecular weight excluding hydrogens is 284 g/mol. The SMILES string of the molecule is CCCCNC(=S)Nc1cc(C)ccc1Br. The van der Waals surface area contributed by atoms with Crippen LogP contribution in [0.3, 0.4) is 0 Å². The van der Waals surface area contributed by atoms with Gasteiger partial charge < -0.3 is 10.6 Å². The minimum atomic E-state index is 0.680. The lowest BCUT2D eigenvalue weighted by atomic mass is 10.2. The van der Waals surface area contributed by atoms with Crippen molar-refractivity contribution < 1.29 is 0 Å². The fourth-order valence-electron chi connectivity index (χ4n) is 1.28. The molecule has 0 saturated heterocycles. The van der Waals surface area contributed by atoms with Crippen LogP contribution in [0, 0.1) is 6.92 Å². The topological polar surface area (TPSA) is 24.1 Å². The van der Waals surface area contributed by atoms with Gasteiger partial charge in [-0.1, -0.05) is 19.4 Å². The number of rotatable bonds is 4. The van der Waals surface area contributed by atoms with Crippen LogP contribution in [0.5, 0.6) is 0 Å². The van der Waals surface area contributed by atoms with Gasteiger partial charge in [-0.05, 0) is 59.2 Å². The van der Waals surface area contributed by atoms with Gasteiger partial charge in [0.1, 0.15) is 0 Å². The summed E-state index contributed by atoms with van der Waals surface area (Å²) >= 11 is 8.70. The highest BCUT2D eigenvalue weighted by atomic mass is 79.9. The van der Waals surface area contributed by atoms with Gasteiger partial charge in [0.25, 0.3) is 0 Å². The first-order chi connectivity index (χ1) is 7.63. The smallest absolute Gasteiger partial charge is 0.170 e. The van der Waals surface area contributed by atoms with Crippen molar-refractivity contribution in [3.63, 3.8) is 0 Å². The molecule has 4 heteroatoms. The number of nitrogens with one attached hydrogen (secondary N) is 2. The maximum absolute atomic E-state index is 5.21. The first-order valence-corrected chi connectivity index (χ1v) is 6.64. The Hall–Kier alpha value is -0.610. The van der Waals surface area contributed by atoms with E-state index in [0.717, 1.165) is 23.1 Å². The summed E-state index contributed by atoms with van der Waals surface area (Å²) in [5.41, 5.74) is 2.22. The molecule has 1 aromatic carbocycles. The molecule has 2 N–H and O–H groups in total. The third-order valence-corrected chi connectivity index (χ3v) is 3.12. The van der Waals surface area contributed by atoms with Gasteiger partial charge in [0, 0.05) is 11.0 Å². The van der Waals surface area contributed by atoms with E-state index in [0.29, 0.717) is 5.11 Å². The highest BCUT2D eigenvalue weighted by Crippen LogP contribution is 2.23. The van der Waals surface area contributed by atoms with E-state index in [4.69, 9.17) is 12.2 Å². The predicted octanol–water partition coefficient (Wildman–Crippen LogP) is 3.84. The van der Waals surface area contributed by atoms with E-state index in [-0.39, 0.29) is 0 Å². The summed E-state index contributed by atoms with van der Waals surface area (Å²) in [5, 5.41) is 7.04. The Balaban J connectivity index is 2.52. The number of unbranched alkanes of at least 4 members (excludes halogenated alkanes) is 1. The standard InChI is InChI=1S/C12H17BrN2S/c1-3-4-7-14-12(16)15-11-8-9(2)5-6-10(11)13/h5-6,8H,3-4,7H2,1-2H3,(H2,14,15,16). The normalized spacial score (nSPS) is 9.94. The van der Waals surface area contributed by atoms with E-state index in [1.807, 2.05) is 6.07 Å². The van der Waals surface area contributed by atoms with Crippen molar-refractivity contribution in [1.29, 1.82) is 0 Å². The number of hydrogen-bond acceptors (Lipinski definition) is 1. The van der Waals surface area contributed by atoms with Gasteiger partial charge in [0.05, 0.1) is 5.69 Å². The van der Waals surface area contributed by atoms with E-state index in [1.54, 1.807) is 0 Å². The first kappa shape index (κ1) is 13.5. The van der Waals surface area contributed by atoms with Gasteiger partial charge in [-0.2, -0.15) is 0 Å². The predicted molar refractivity (Wildman–Crippen MR) is 78.0 cm³/mol. The monoisotopic (exact) mass is 300 g/mol. The second kappa shape index (κ2) is 6.86. The van der Waals surface area contributed by atoms with Crippen LogP contribution in [0.15, 0.2) is 22.7 Å². The molecule has 0 spiro atoms. The van der Waals surface area contributed by atoms with Crippen LogP contribution in [-0.4, -0.2) is 11.7 Å². The lowest BCUT2D eigenvalue weighted by molar-refractivity contribution is 0.758. The Morgan fingerprint density at radius 2 is 2.19 bits per heavy atom. The Morgan fingerprint density at radius 1 is 1.44 bits per heavy atom. The highest BCUT2D eigenvalue weighted by Gasteiger charge is 2.01. The van der Waals surface area contributed by atoms with Crippen molar-refractivity contribution in [1.82, 2.24) is 5.32 Å². The molecule has 0 aromatic heterocycles. The summed E-state index contributed by atoms with van der Waals surface area (Å²) < 4.78 is 1.03. The molecule has 16 heavy (non-hydrogen) atoms. The highest BCUT2D eigenvalue weighted by molar-refractivity contribution is 9.10. The number of anilines is 1. The Bertz CT molecular complexity index is 366. The minimum Gasteiger partial charge on any atom is -0.362 e. The number of hydrogen-bond donors (Lipinski definition) is 2. The van der Waals surface area contributed by atoms with Crippen molar-refractivity contribution in [2.45, 2.75) is 26.7 Å². The molecule has 0 aliphatic carbocycles. The summed E-state index contributed by atoms with van der Waals surface area (Å²) in [6.07, 6.45) is 2.31. The van der Waals surface area contributed by atoms with Crippen LogP contribution < -0.4 is 10.6 Å². The number of benzene rings is 1. The lowest BCUT2D eigenvalue weighted by Gasteiger charge is -2.12. The van der Waals surface area contributed by atoms with Crippen LogP contribution in [0.1, 0.15) is 25.3 Å². The zero-order chi connectivity index (χ0) is 12.0. The van der Waals surface area contributed by atoms with Crippen LogP contribution in [0.2, 0.25) is 0 Å². The van der Waals surface area contributed by atoms with Crippen LogP contribution in [-0.2, 0) is 0 Å². The van der Waals surface area contributed by atoms with Crippen LogP contribution >= 0.6 is 28.1 Å². The second-order valence-corrected chi connectivity index (χ2v) is 4.98. The zero-order valence-corrected chi connectivity index (χ0v) is 12.0. The van der Waals surface area contributed by atoms with Crippen molar-refractivity contribution >= 4 is 38.9 Å². The molecule has 0 heterocycles. The summed E-state index contributed by atoms with van der Waals surface area (Å²) in [4.78, 5) is 0. The molecular formula is C12H17BrN2S.